The number of amides is 2. The maximum absolute atomic E-state index is 12.6. The second-order valence-corrected chi connectivity index (χ2v) is 11.3. The summed E-state index contributed by atoms with van der Waals surface area (Å²) >= 11 is 1.08. The number of ether oxygens (including phenoxy) is 1. The van der Waals surface area contributed by atoms with Gasteiger partial charge >= 0.3 is 6.03 Å². The lowest BCUT2D eigenvalue weighted by atomic mass is 10.1. The Morgan fingerprint density at radius 1 is 1.12 bits per heavy atom. The standard InChI is InChI=1S/C21H23N7O4S2/c1-34(30,31)21(6-7-21)16-12-17(28-8-10-32-11-9-28)26-18(25-16)14-2-4-15(5-3-14)24-19(29)27-20-22-13-23-33-20/h2-5,12-13H,6-11H2,1H3,(H2,22,23,24,27,29). The number of hydrogen-bond donors (Lipinski definition) is 2. The van der Waals surface area contributed by atoms with E-state index in [4.69, 9.17) is 9.72 Å². The Labute approximate surface area is 200 Å². The lowest BCUT2D eigenvalue weighted by molar-refractivity contribution is 0.122. The molecule has 2 amide bonds. The lowest BCUT2D eigenvalue weighted by Crippen LogP contribution is -2.37. The van der Waals surface area contributed by atoms with Crippen molar-refractivity contribution in [1.29, 1.82) is 0 Å². The number of urea groups is 1. The Morgan fingerprint density at radius 3 is 2.47 bits per heavy atom. The maximum atomic E-state index is 12.6. The molecule has 34 heavy (non-hydrogen) atoms. The van der Waals surface area contributed by atoms with Crippen LogP contribution in [0.1, 0.15) is 18.5 Å². The van der Waals surface area contributed by atoms with Crippen LogP contribution in [0.3, 0.4) is 0 Å². The van der Waals surface area contributed by atoms with Gasteiger partial charge in [-0.15, -0.1) is 0 Å². The molecule has 1 saturated carbocycles. The summed E-state index contributed by atoms with van der Waals surface area (Å²) < 4.78 is 33.5. The molecule has 3 aromatic rings. The monoisotopic (exact) mass is 501 g/mol. The normalized spacial score (nSPS) is 17.3. The molecular formula is C21H23N7O4S2. The molecule has 1 aliphatic heterocycles. The number of sulfone groups is 1. The highest BCUT2D eigenvalue weighted by atomic mass is 32.2. The van der Waals surface area contributed by atoms with Gasteiger partial charge < -0.3 is 15.0 Å². The van der Waals surface area contributed by atoms with Gasteiger partial charge in [-0.2, -0.15) is 4.37 Å². The van der Waals surface area contributed by atoms with Gasteiger partial charge in [0.2, 0.25) is 5.13 Å². The number of morpholine rings is 1. The Kier molecular flexibility index (Phi) is 5.91. The summed E-state index contributed by atoms with van der Waals surface area (Å²) in [5.74, 6) is 1.13. The van der Waals surface area contributed by atoms with Gasteiger partial charge in [0.05, 0.1) is 18.9 Å². The summed E-state index contributed by atoms with van der Waals surface area (Å²) in [5, 5.41) is 5.74. The number of hydrogen-bond acceptors (Lipinski definition) is 10. The molecule has 2 aliphatic rings. The number of rotatable bonds is 6. The summed E-state index contributed by atoms with van der Waals surface area (Å²) in [6.45, 7) is 2.53. The van der Waals surface area contributed by atoms with Crippen molar-refractivity contribution in [3.63, 3.8) is 0 Å². The average Bonchev–Trinajstić information content (AvgIpc) is 3.52. The maximum Gasteiger partial charge on any atom is 0.325 e. The van der Waals surface area contributed by atoms with Gasteiger partial charge in [-0.3, -0.25) is 5.32 Å². The fraction of sp³-hybridized carbons (Fsp3) is 0.381. The first kappa shape index (κ1) is 22.6. The molecule has 0 unspecified atom stereocenters. The van der Waals surface area contributed by atoms with Crippen molar-refractivity contribution in [1.82, 2.24) is 19.3 Å². The van der Waals surface area contributed by atoms with Crippen LogP contribution in [0.5, 0.6) is 0 Å². The molecule has 178 valence electrons. The highest BCUT2D eigenvalue weighted by molar-refractivity contribution is 7.91. The molecular weight excluding hydrogens is 478 g/mol. The number of carbonyl (C=O) groups is 1. The summed E-state index contributed by atoms with van der Waals surface area (Å²) in [7, 11) is -3.33. The Hall–Kier alpha value is -3.16. The van der Waals surface area contributed by atoms with Crippen LogP contribution in [0.4, 0.5) is 21.4 Å². The quantitative estimate of drug-likeness (QED) is 0.521. The molecule has 1 aliphatic carbocycles. The van der Waals surface area contributed by atoms with Crippen LogP contribution in [0.15, 0.2) is 36.7 Å². The summed E-state index contributed by atoms with van der Waals surface area (Å²) in [6, 6.07) is 8.44. The fourth-order valence-electron chi connectivity index (χ4n) is 3.87. The molecule has 2 fully saturated rings. The van der Waals surface area contributed by atoms with E-state index in [0.29, 0.717) is 67.3 Å². The molecule has 0 radical (unpaired) electrons. The van der Waals surface area contributed by atoms with Crippen molar-refractivity contribution < 1.29 is 17.9 Å². The van der Waals surface area contributed by atoms with E-state index in [-0.39, 0.29) is 0 Å². The zero-order valence-electron chi connectivity index (χ0n) is 18.4. The average molecular weight is 502 g/mol. The number of nitrogens with zero attached hydrogens (tertiary/aromatic N) is 5. The molecule has 13 heteroatoms. The van der Waals surface area contributed by atoms with Gasteiger partial charge in [-0.1, -0.05) is 0 Å². The van der Waals surface area contributed by atoms with Crippen LogP contribution < -0.4 is 15.5 Å². The fourth-order valence-corrected chi connectivity index (χ4v) is 5.63. The molecule has 0 bridgehead atoms. The van der Waals surface area contributed by atoms with Crippen LogP contribution in [-0.2, 0) is 19.3 Å². The first-order valence-corrected chi connectivity index (χ1v) is 13.4. The van der Waals surface area contributed by atoms with Gasteiger partial charge in [0.25, 0.3) is 0 Å². The molecule has 5 rings (SSSR count). The highest BCUT2D eigenvalue weighted by Gasteiger charge is 2.55. The number of carbonyl (C=O) groups excluding carboxylic acids is 1. The van der Waals surface area contributed by atoms with Crippen LogP contribution >= 0.6 is 11.5 Å². The summed E-state index contributed by atoms with van der Waals surface area (Å²) in [6.07, 6.45) is 3.74. The predicted molar refractivity (Wildman–Crippen MR) is 129 cm³/mol. The third-order valence-corrected chi connectivity index (χ3v) is 8.53. The third kappa shape index (κ3) is 4.58. The molecule has 11 nitrogen and oxygen atoms in total. The number of anilines is 3. The van der Waals surface area contributed by atoms with Crippen molar-refractivity contribution in [2.75, 3.05) is 48.1 Å². The van der Waals surface area contributed by atoms with Gasteiger partial charge in [0, 0.05) is 48.2 Å². The zero-order chi connectivity index (χ0) is 23.8. The van der Waals surface area contributed by atoms with E-state index in [1.165, 1.54) is 12.6 Å². The molecule has 2 N–H and O–H groups in total. The number of benzene rings is 1. The summed E-state index contributed by atoms with van der Waals surface area (Å²) in [4.78, 5) is 27.6. The minimum absolute atomic E-state index is 0.398. The molecule has 0 spiro atoms. The van der Waals surface area contributed by atoms with E-state index in [2.05, 4.69) is 29.9 Å². The van der Waals surface area contributed by atoms with Gasteiger partial charge in [-0.05, 0) is 37.1 Å². The van der Waals surface area contributed by atoms with E-state index in [0.717, 1.165) is 17.1 Å². The largest absolute Gasteiger partial charge is 0.378 e. The van der Waals surface area contributed by atoms with Crippen LogP contribution in [0.25, 0.3) is 11.4 Å². The van der Waals surface area contributed by atoms with Gasteiger partial charge in [0.1, 0.15) is 16.9 Å². The molecule has 1 saturated heterocycles. The van der Waals surface area contributed by atoms with Crippen LogP contribution in [-0.4, -0.2) is 66.3 Å². The van der Waals surface area contributed by atoms with Crippen LogP contribution in [0.2, 0.25) is 0 Å². The van der Waals surface area contributed by atoms with E-state index in [9.17, 15) is 13.2 Å². The minimum Gasteiger partial charge on any atom is -0.378 e. The minimum atomic E-state index is -3.33. The van der Waals surface area contributed by atoms with E-state index < -0.39 is 20.6 Å². The van der Waals surface area contributed by atoms with Crippen molar-refractivity contribution in [2.45, 2.75) is 17.6 Å². The van der Waals surface area contributed by atoms with E-state index >= 15 is 0 Å². The molecule has 0 atom stereocenters. The molecule has 3 heterocycles. The Balaban J connectivity index is 1.43. The van der Waals surface area contributed by atoms with Crippen molar-refractivity contribution in [2.24, 2.45) is 0 Å². The SMILES string of the molecule is CS(=O)(=O)C1(c2cc(N3CCOCC3)nc(-c3ccc(NC(=O)Nc4ncns4)cc3)n2)CC1. The first-order chi connectivity index (χ1) is 16.3. The van der Waals surface area contributed by atoms with Crippen molar-refractivity contribution >= 4 is 44.0 Å². The van der Waals surface area contributed by atoms with Gasteiger partial charge in [0.15, 0.2) is 15.7 Å². The molecule has 2 aromatic heterocycles. The smallest absolute Gasteiger partial charge is 0.325 e. The number of nitrogens with one attached hydrogen (secondary N) is 2. The van der Waals surface area contributed by atoms with Crippen molar-refractivity contribution in [3.8, 4) is 11.4 Å². The van der Waals surface area contributed by atoms with Crippen LogP contribution in [0, 0.1) is 0 Å². The van der Waals surface area contributed by atoms with Crippen molar-refractivity contribution in [3.05, 3.63) is 42.4 Å². The zero-order valence-corrected chi connectivity index (χ0v) is 20.0. The topological polar surface area (TPSA) is 139 Å². The second-order valence-electron chi connectivity index (χ2n) is 8.20. The second kappa shape index (κ2) is 8.89. The first-order valence-electron chi connectivity index (χ1n) is 10.7. The predicted octanol–water partition coefficient (Wildman–Crippen LogP) is 2.51. The Bertz CT molecular complexity index is 1290. The van der Waals surface area contributed by atoms with Gasteiger partial charge in [-0.25, -0.2) is 28.2 Å². The number of aromatic nitrogens is 4. The highest BCUT2D eigenvalue weighted by Crippen LogP contribution is 2.52. The van der Waals surface area contributed by atoms with E-state index in [1.807, 2.05) is 0 Å². The molecule has 1 aromatic carbocycles. The third-order valence-electron chi connectivity index (χ3n) is 5.91. The lowest BCUT2D eigenvalue weighted by Gasteiger charge is -2.29. The van der Waals surface area contributed by atoms with E-state index in [1.54, 1.807) is 30.3 Å². The Morgan fingerprint density at radius 2 is 1.85 bits per heavy atom. The summed E-state index contributed by atoms with van der Waals surface area (Å²) in [5.41, 5.74) is 1.82.